The lowest BCUT2D eigenvalue weighted by molar-refractivity contribution is -0.137. The number of hydrogen-bond donors (Lipinski definition) is 1. The summed E-state index contributed by atoms with van der Waals surface area (Å²) in [6.45, 7) is 0.313. The normalized spacial score (nSPS) is 12.4. The van der Waals surface area contributed by atoms with Crippen molar-refractivity contribution in [2.75, 3.05) is 13.7 Å². The molecule has 1 unspecified atom stereocenters. The molecule has 1 aromatic carbocycles. The Kier molecular flexibility index (Phi) is 5.06. The molecule has 0 aliphatic rings. The third kappa shape index (κ3) is 3.67. The summed E-state index contributed by atoms with van der Waals surface area (Å²) in [5.41, 5.74) is 0.746. The van der Waals surface area contributed by atoms with E-state index in [9.17, 15) is 4.79 Å². The van der Waals surface area contributed by atoms with E-state index in [2.05, 4.69) is 0 Å². The van der Waals surface area contributed by atoms with Gasteiger partial charge in [0.05, 0.1) is 13.0 Å². The maximum atomic E-state index is 10.7. The van der Waals surface area contributed by atoms with Crippen molar-refractivity contribution >= 4 is 29.2 Å². The number of benzene rings is 1. The molecule has 0 fully saturated rings. The van der Waals surface area contributed by atoms with Gasteiger partial charge in [0.1, 0.15) is 0 Å². The minimum atomic E-state index is -0.881. The van der Waals surface area contributed by atoms with Crippen LogP contribution in [0.1, 0.15) is 17.9 Å². The topological polar surface area (TPSA) is 46.5 Å². The van der Waals surface area contributed by atoms with Crippen LogP contribution in [-0.2, 0) is 9.53 Å². The maximum absolute atomic E-state index is 10.7. The highest BCUT2D eigenvalue weighted by Crippen LogP contribution is 2.29. The zero-order valence-corrected chi connectivity index (χ0v) is 10.3. The zero-order chi connectivity index (χ0) is 12.1. The van der Waals surface area contributed by atoms with Gasteiger partial charge in [-0.15, -0.1) is 0 Å². The predicted molar refractivity (Wildman–Crippen MR) is 63.3 cm³/mol. The Bertz CT molecular complexity index is 379. The molecule has 3 nitrogen and oxygen atoms in total. The van der Waals surface area contributed by atoms with E-state index in [1.54, 1.807) is 18.2 Å². The molecule has 5 heteroatoms. The molecule has 1 N–H and O–H groups in total. The zero-order valence-electron chi connectivity index (χ0n) is 8.74. The molecule has 0 amide bonds. The van der Waals surface area contributed by atoms with Crippen molar-refractivity contribution in [3.8, 4) is 0 Å². The Morgan fingerprint density at radius 2 is 2.19 bits per heavy atom. The van der Waals surface area contributed by atoms with Gasteiger partial charge in [0.2, 0.25) is 0 Å². The molecule has 0 spiro atoms. The fourth-order valence-corrected chi connectivity index (χ4v) is 2.07. The summed E-state index contributed by atoms with van der Waals surface area (Å²) >= 11 is 11.8. The quantitative estimate of drug-likeness (QED) is 0.887. The summed E-state index contributed by atoms with van der Waals surface area (Å²) in [6.07, 6.45) is -0.0187. The highest BCUT2D eigenvalue weighted by Gasteiger charge is 2.18. The molecule has 0 heterocycles. The number of carboxylic acid groups (broad SMARTS) is 1. The van der Waals surface area contributed by atoms with Crippen molar-refractivity contribution < 1.29 is 14.6 Å². The molecule has 0 saturated heterocycles. The summed E-state index contributed by atoms with van der Waals surface area (Å²) in [5.74, 6) is -1.14. The van der Waals surface area contributed by atoms with Crippen LogP contribution in [-0.4, -0.2) is 24.8 Å². The highest BCUT2D eigenvalue weighted by molar-refractivity contribution is 6.35. The number of rotatable bonds is 5. The largest absolute Gasteiger partial charge is 0.481 e. The standard InChI is InChI=1S/C11H12Cl2O3/c1-16-6-7(4-11(14)15)9-3-2-8(12)5-10(9)13/h2-3,5,7H,4,6H2,1H3,(H,14,15). The summed E-state index contributed by atoms with van der Waals surface area (Å²) in [6, 6.07) is 5.02. The molecule has 16 heavy (non-hydrogen) atoms. The highest BCUT2D eigenvalue weighted by atomic mass is 35.5. The van der Waals surface area contributed by atoms with E-state index in [4.69, 9.17) is 33.0 Å². The van der Waals surface area contributed by atoms with Crippen LogP contribution in [0.5, 0.6) is 0 Å². The van der Waals surface area contributed by atoms with E-state index in [1.165, 1.54) is 7.11 Å². The van der Waals surface area contributed by atoms with Gasteiger partial charge in [0, 0.05) is 23.1 Å². The van der Waals surface area contributed by atoms with Gasteiger partial charge in [-0.2, -0.15) is 0 Å². The molecule has 0 radical (unpaired) electrons. The van der Waals surface area contributed by atoms with Crippen LogP contribution < -0.4 is 0 Å². The van der Waals surface area contributed by atoms with Crippen molar-refractivity contribution in [1.82, 2.24) is 0 Å². The van der Waals surface area contributed by atoms with Gasteiger partial charge in [0.15, 0.2) is 0 Å². The average molecular weight is 263 g/mol. The number of aliphatic carboxylic acids is 1. The number of hydrogen-bond acceptors (Lipinski definition) is 2. The summed E-state index contributed by atoms with van der Waals surface area (Å²) in [7, 11) is 1.53. The number of ether oxygens (including phenoxy) is 1. The first-order chi connectivity index (χ1) is 7.54. The van der Waals surface area contributed by atoms with E-state index >= 15 is 0 Å². The second-order valence-electron chi connectivity index (χ2n) is 3.42. The van der Waals surface area contributed by atoms with Crippen LogP contribution in [0.15, 0.2) is 18.2 Å². The van der Waals surface area contributed by atoms with Gasteiger partial charge in [-0.25, -0.2) is 0 Å². The minimum Gasteiger partial charge on any atom is -0.481 e. The van der Waals surface area contributed by atoms with Gasteiger partial charge in [-0.1, -0.05) is 29.3 Å². The summed E-state index contributed by atoms with van der Waals surface area (Å²) < 4.78 is 4.99. The first kappa shape index (κ1) is 13.3. The molecule has 0 aliphatic carbocycles. The molecule has 0 bridgehead atoms. The van der Waals surface area contributed by atoms with Gasteiger partial charge >= 0.3 is 5.97 Å². The van der Waals surface area contributed by atoms with Crippen LogP contribution in [0.2, 0.25) is 10.0 Å². The van der Waals surface area contributed by atoms with Gasteiger partial charge in [-0.3, -0.25) is 4.79 Å². The van der Waals surface area contributed by atoms with E-state index in [0.717, 1.165) is 5.56 Å². The van der Waals surface area contributed by atoms with Crippen molar-refractivity contribution in [2.45, 2.75) is 12.3 Å². The van der Waals surface area contributed by atoms with E-state index in [-0.39, 0.29) is 12.3 Å². The second-order valence-corrected chi connectivity index (χ2v) is 4.26. The predicted octanol–water partition coefficient (Wildman–Crippen LogP) is 3.20. The van der Waals surface area contributed by atoms with Crippen LogP contribution in [0.3, 0.4) is 0 Å². The SMILES string of the molecule is COCC(CC(=O)O)c1ccc(Cl)cc1Cl. The molecule has 0 aliphatic heterocycles. The monoisotopic (exact) mass is 262 g/mol. The Balaban J connectivity index is 2.95. The van der Waals surface area contributed by atoms with E-state index in [1.807, 2.05) is 0 Å². The maximum Gasteiger partial charge on any atom is 0.304 e. The van der Waals surface area contributed by atoms with Crippen molar-refractivity contribution in [1.29, 1.82) is 0 Å². The van der Waals surface area contributed by atoms with Crippen molar-refractivity contribution in [2.24, 2.45) is 0 Å². The molecular weight excluding hydrogens is 251 g/mol. The Morgan fingerprint density at radius 1 is 1.50 bits per heavy atom. The number of carboxylic acids is 1. The summed E-state index contributed by atoms with van der Waals surface area (Å²) in [4.78, 5) is 10.7. The Hall–Kier alpha value is -0.770. The number of halogens is 2. The first-order valence-electron chi connectivity index (χ1n) is 4.70. The van der Waals surface area contributed by atoms with Gasteiger partial charge in [-0.05, 0) is 17.7 Å². The third-order valence-electron chi connectivity index (χ3n) is 2.19. The van der Waals surface area contributed by atoms with Crippen molar-refractivity contribution in [3.05, 3.63) is 33.8 Å². The average Bonchev–Trinajstić information content (AvgIpc) is 2.16. The third-order valence-corrected chi connectivity index (χ3v) is 2.75. The summed E-state index contributed by atoms with van der Waals surface area (Å²) in [5, 5.41) is 9.79. The molecular formula is C11H12Cl2O3. The fourth-order valence-electron chi connectivity index (χ4n) is 1.50. The molecule has 0 aromatic heterocycles. The van der Waals surface area contributed by atoms with Gasteiger partial charge in [0.25, 0.3) is 0 Å². The van der Waals surface area contributed by atoms with Gasteiger partial charge < -0.3 is 9.84 Å². The smallest absolute Gasteiger partial charge is 0.304 e. The van der Waals surface area contributed by atoms with Crippen molar-refractivity contribution in [3.63, 3.8) is 0 Å². The minimum absolute atomic E-state index is 0.0187. The van der Waals surface area contributed by atoms with E-state index < -0.39 is 5.97 Å². The lowest BCUT2D eigenvalue weighted by atomic mass is 9.96. The first-order valence-corrected chi connectivity index (χ1v) is 5.46. The van der Waals surface area contributed by atoms with E-state index in [0.29, 0.717) is 16.7 Å². The van der Waals surface area contributed by atoms with Crippen LogP contribution in [0.4, 0.5) is 0 Å². The lowest BCUT2D eigenvalue weighted by Gasteiger charge is -2.15. The van der Waals surface area contributed by atoms with Crippen LogP contribution >= 0.6 is 23.2 Å². The molecule has 88 valence electrons. The second kappa shape index (κ2) is 6.09. The molecule has 0 saturated carbocycles. The Morgan fingerprint density at radius 3 is 2.69 bits per heavy atom. The van der Waals surface area contributed by atoms with Crippen LogP contribution in [0.25, 0.3) is 0 Å². The fraction of sp³-hybridized carbons (Fsp3) is 0.364. The Labute approximate surface area is 104 Å². The van der Waals surface area contributed by atoms with Crippen LogP contribution in [0, 0.1) is 0 Å². The molecule has 1 rings (SSSR count). The molecule has 1 atom stereocenters. The number of methoxy groups -OCH3 is 1. The number of carbonyl (C=O) groups is 1. The lowest BCUT2D eigenvalue weighted by Crippen LogP contribution is -2.12. The molecule has 1 aromatic rings.